The zero-order valence-electron chi connectivity index (χ0n) is 17.2. The number of furan rings is 1. The Hall–Kier alpha value is -2.95. The SMILES string of the molecule is CC(=CCCC1(C)Oc2oc3cc(O)ccc3c(=O)c2C1C)Cc1cc(C)co1. The van der Waals surface area contributed by atoms with E-state index in [-0.39, 0.29) is 23.0 Å². The highest BCUT2D eigenvalue weighted by molar-refractivity contribution is 5.79. The number of benzene rings is 1. The fourth-order valence-corrected chi connectivity index (χ4v) is 4.03. The summed E-state index contributed by atoms with van der Waals surface area (Å²) in [5.41, 5.74) is 2.68. The first kappa shape index (κ1) is 19.4. The van der Waals surface area contributed by atoms with Gasteiger partial charge in [0, 0.05) is 18.4 Å². The molecular weight excluding hydrogens is 368 g/mol. The monoisotopic (exact) mass is 394 g/mol. The van der Waals surface area contributed by atoms with Gasteiger partial charge in [-0.1, -0.05) is 18.6 Å². The van der Waals surface area contributed by atoms with Gasteiger partial charge in [0.05, 0.1) is 17.2 Å². The van der Waals surface area contributed by atoms with Crippen molar-refractivity contribution in [2.45, 2.75) is 58.5 Å². The minimum Gasteiger partial charge on any atom is -0.508 e. The normalized spacial score (nSPS) is 21.4. The standard InChI is InChI=1S/C24H26O5/c1-14(10-18-11-15(2)13-27-18)6-5-9-24(4)16(3)21-22(26)19-8-7-17(25)12-20(19)28-23(21)29-24/h6-8,11-13,16,25H,5,9-10H2,1-4H3. The van der Waals surface area contributed by atoms with Gasteiger partial charge < -0.3 is 18.7 Å². The van der Waals surface area contributed by atoms with Gasteiger partial charge in [0.1, 0.15) is 22.7 Å². The van der Waals surface area contributed by atoms with E-state index in [1.807, 2.05) is 20.8 Å². The summed E-state index contributed by atoms with van der Waals surface area (Å²) in [6, 6.07) is 6.60. The van der Waals surface area contributed by atoms with Gasteiger partial charge in [-0.05, 0) is 57.4 Å². The fourth-order valence-electron chi connectivity index (χ4n) is 4.03. The number of aromatic hydroxyl groups is 1. The molecule has 2 unspecified atom stereocenters. The van der Waals surface area contributed by atoms with Crippen molar-refractivity contribution in [3.63, 3.8) is 0 Å². The molecule has 4 rings (SSSR count). The minimum atomic E-state index is -0.525. The van der Waals surface area contributed by atoms with Crippen LogP contribution in [0.3, 0.4) is 0 Å². The number of ether oxygens (including phenoxy) is 1. The Morgan fingerprint density at radius 3 is 2.83 bits per heavy atom. The first-order valence-electron chi connectivity index (χ1n) is 9.95. The molecule has 5 heteroatoms. The maximum atomic E-state index is 13.0. The van der Waals surface area contributed by atoms with Crippen LogP contribution in [-0.2, 0) is 6.42 Å². The van der Waals surface area contributed by atoms with Gasteiger partial charge >= 0.3 is 0 Å². The second-order valence-corrected chi connectivity index (χ2v) is 8.31. The smallest absolute Gasteiger partial charge is 0.293 e. The lowest BCUT2D eigenvalue weighted by Crippen LogP contribution is -2.33. The van der Waals surface area contributed by atoms with Gasteiger partial charge in [-0.2, -0.15) is 0 Å². The molecular formula is C24H26O5. The Kier molecular flexibility index (Phi) is 4.77. The van der Waals surface area contributed by atoms with Crippen LogP contribution >= 0.6 is 0 Å². The second-order valence-electron chi connectivity index (χ2n) is 8.31. The van der Waals surface area contributed by atoms with Crippen molar-refractivity contribution in [1.82, 2.24) is 0 Å². The molecule has 1 aliphatic rings. The largest absolute Gasteiger partial charge is 0.508 e. The van der Waals surface area contributed by atoms with E-state index in [9.17, 15) is 9.90 Å². The van der Waals surface area contributed by atoms with Crippen molar-refractivity contribution >= 4 is 11.0 Å². The van der Waals surface area contributed by atoms with Crippen LogP contribution in [-0.4, -0.2) is 10.7 Å². The molecule has 0 saturated heterocycles. The lowest BCUT2D eigenvalue weighted by molar-refractivity contribution is 0.0638. The topological polar surface area (TPSA) is 72.8 Å². The summed E-state index contributed by atoms with van der Waals surface area (Å²) in [5.74, 6) is 1.20. The highest BCUT2D eigenvalue weighted by atomic mass is 16.6. The lowest BCUT2D eigenvalue weighted by Gasteiger charge is -2.27. The maximum absolute atomic E-state index is 13.0. The molecule has 0 amide bonds. The van der Waals surface area contributed by atoms with Gasteiger partial charge in [0.25, 0.3) is 5.95 Å². The lowest BCUT2D eigenvalue weighted by atomic mass is 9.83. The number of fused-ring (bicyclic) bond motifs is 2. The molecule has 0 bridgehead atoms. The van der Waals surface area contributed by atoms with E-state index in [2.05, 4.69) is 19.1 Å². The molecule has 0 radical (unpaired) electrons. The number of hydrogen-bond donors (Lipinski definition) is 1. The van der Waals surface area contributed by atoms with Crippen molar-refractivity contribution in [3.05, 3.63) is 69.3 Å². The van der Waals surface area contributed by atoms with Crippen LogP contribution in [0.4, 0.5) is 0 Å². The molecule has 1 aliphatic heterocycles. The van der Waals surface area contributed by atoms with E-state index in [0.717, 1.165) is 30.6 Å². The van der Waals surface area contributed by atoms with Crippen LogP contribution < -0.4 is 10.2 Å². The third-order valence-corrected chi connectivity index (χ3v) is 5.92. The molecule has 0 aliphatic carbocycles. The molecule has 0 fully saturated rings. The zero-order valence-corrected chi connectivity index (χ0v) is 17.2. The molecule has 3 aromatic rings. The van der Waals surface area contributed by atoms with E-state index in [1.165, 1.54) is 17.7 Å². The van der Waals surface area contributed by atoms with Crippen molar-refractivity contribution in [2.75, 3.05) is 0 Å². The van der Waals surface area contributed by atoms with E-state index >= 15 is 0 Å². The molecule has 2 atom stereocenters. The third-order valence-electron chi connectivity index (χ3n) is 5.92. The van der Waals surface area contributed by atoms with Crippen molar-refractivity contribution in [2.24, 2.45) is 0 Å². The summed E-state index contributed by atoms with van der Waals surface area (Å²) in [5, 5.41) is 10.1. The number of phenolic OH excluding ortho intramolecular Hbond substituents is 1. The molecule has 2 aromatic heterocycles. The summed E-state index contributed by atoms with van der Waals surface area (Å²) in [6.45, 7) is 8.15. The molecule has 0 spiro atoms. The molecule has 152 valence electrons. The Labute approximate surface area is 169 Å². The van der Waals surface area contributed by atoms with Crippen LogP contribution in [0.2, 0.25) is 0 Å². The Morgan fingerprint density at radius 1 is 1.31 bits per heavy atom. The molecule has 1 aromatic carbocycles. The average molecular weight is 394 g/mol. The number of rotatable bonds is 5. The molecule has 3 heterocycles. The predicted molar refractivity (Wildman–Crippen MR) is 112 cm³/mol. The third kappa shape index (κ3) is 3.57. The molecule has 1 N–H and O–H groups in total. The van der Waals surface area contributed by atoms with E-state index < -0.39 is 5.60 Å². The molecule has 29 heavy (non-hydrogen) atoms. The van der Waals surface area contributed by atoms with Crippen LogP contribution in [0.25, 0.3) is 11.0 Å². The minimum absolute atomic E-state index is 0.0572. The van der Waals surface area contributed by atoms with Crippen molar-refractivity contribution in [3.8, 4) is 11.7 Å². The van der Waals surface area contributed by atoms with Gasteiger partial charge in [-0.25, -0.2) is 0 Å². The molecule has 5 nitrogen and oxygen atoms in total. The van der Waals surface area contributed by atoms with E-state index in [0.29, 0.717) is 16.5 Å². The maximum Gasteiger partial charge on any atom is 0.293 e. The van der Waals surface area contributed by atoms with E-state index in [1.54, 1.807) is 12.3 Å². The summed E-state index contributed by atoms with van der Waals surface area (Å²) >= 11 is 0. The van der Waals surface area contributed by atoms with Crippen LogP contribution in [0.1, 0.15) is 56.4 Å². The first-order chi connectivity index (χ1) is 13.8. The number of aryl methyl sites for hydroxylation is 1. The van der Waals surface area contributed by atoms with Gasteiger partial charge in [0.2, 0.25) is 0 Å². The van der Waals surface area contributed by atoms with Gasteiger partial charge in [-0.3, -0.25) is 4.79 Å². The van der Waals surface area contributed by atoms with E-state index in [4.69, 9.17) is 13.6 Å². The average Bonchev–Trinajstić information content (AvgIpc) is 3.16. The van der Waals surface area contributed by atoms with Crippen LogP contribution in [0.15, 0.2) is 55.8 Å². The fraction of sp³-hybridized carbons (Fsp3) is 0.375. The van der Waals surface area contributed by atoms with Crippen molar-refractivity contribution < 1.29 is 18.7 Å². The Bertz CT molecular complexity index is 1150. The van der Waals surface area contributed by atoms with Gasteiger partial charge in [-0.15, -0.1) is 0 Å². The summed E-state index contributed by atoms with van der Waals surface area (Å²) in [7, 11) is 0. The van der Waals surface area contributed by atoms with Crippen molar-refractivity contribution in [1.29, 1.82) is 0 Å². The summed E-state index contributed by atoms with van der Waals surface area (Å²) < 4.78 is 17.5. The number of hydrogen-bond acceptors (Lipinski definition) is 5. The quantitative estimate of drug-likeness (QED) is 0.568. The zero-order chi connectivity index (χ0) is 20.8. The Morgan fingerprint density at radius 2 is 2.10 bits per heavy atom. The predicted octanol–water partition coefficient (Wildman–Crippen LogP) is 5.62. The first-order valence-corrected chi connectivity index (χ1v) is 9.95. The summed E-state index contributed by atoms with van der Waals surface area (Å²) in [4.78, 5) is 13.0. The Balaban J connectivity index is 1.52. The number of phenols is 1. The van der Waals surface area contributed by atoms with Gasteiger partial charge in [0.15, 0.2) is 5.43 Å². The van der Waals surface area contributed by atoms with Crippen LogP contribution in [0.5, 0.6) is 11.7 Å². The highest BCUT2D eigenvalue weighted by Crippen LogP contribution is 2.46. The summed E-state index contributed by atoms with van der Waals surface area (Å²) in [6.07, 6.45) is 6.34. The van der Waals surface area contributed by atoms with Crippen LogP contribution in [0, 0.1) is 6.92 Å². The molecule has 0 saturated carbocycles. The number of allylic oxidation sites excluding steroid dienone is 2. The second kappa shape index (κ2) is 7.14. The highest BCUT2D eigenvalue weighted by Gasteiger charge is 2.45.